The van der Waals surface area contributed by atoms with Crippen LogP contribution in [0.2, 0.25) is 10.0 Å². The average Bonchev–Trinajstić information content (AvgIpc) is 3.17. The quantitative estimate of drug-likeness (QED) is 0.380. The third-order valence-electron chi connectivity index (χ3n) is 5.00. The van der Waals surface area contributed by atoms with E-state index in [2.05, 4.69) is 9.88 Å². The predicted molar refractivity (Wildman–Crippen MR) is 129 cm³/mol. The highest BCUT2D eigenvalue weighted by molar-refractivity contribution is 7.07. The van der Waals surface area contributed by atoms with E-state index >= 15 is 0 Å². The summed E-state index contributed by atoms with van der Waals surface area (Å²) in [7, 11) is 0. The summed E-state index contributed by atoms with van der Waals surface area (Å²) in [5.74, 6) is 0.493. The van der Waals surface area contributed by atoms with Gasteiger partial charge in [0.2, 0.25) is 0 Å². The molecule has 0 fully saturated rings. The van der Waals surface area contributed by atoms with Gasteiger partial charge in [0, 0.05) is 16.0 Å². The number of nitrogens with zero attached hydrogens (tertiary/aromatic N) is 2. The van der Waals surface area contributed by atoms with Crippen molar-refractivity contribution >= 4 is 51.8 Å². The van der Waals surface area contributed by atoms with Crippen molar-refractivity contribution in [2.45, 2.75) is 6.54 Å². The molecule has 0 unspecified atom stereocenters. The summed E-state index contributed by atoms with van der Waals surface area (Å²) in [5.41, 5.74) is 4.31. The third-order valence-corrected chi connectivity index (χ3v) is 6.42. The average molecular weight is 482 g/mol. The minimum absolute atomic E-state index is 0.0282. The van der Waals surface area contributed by atoms with E-state index in [9.17, 15) is 4.79 Å². The van der Waals surface area contributed by atoms with Crippen molar-refractivity contribution in [1.82, 2.24) is 4.57 Å². The summed E-state index contributed by atoms with van der Waals surface area (Å²) in [4.78, 5) is 17.4. The number of hydrogen-bond donors (Lipinski definition) is 1. The highest BCUT2D eigenvalue weighted by atomic mass is 35.5. The van der Waals surface area contributed by atoms with Gasteiger partial charge >= 0.3 is 0 Å². The zero-order valence-corrected chi connectivity index (χ0v) is 19.0. The van der Waals surface area contributed by atoms with E-state index in [1.54, 1.807) is 0 Å². The molecular formula is C24H17Cl2N3O2S. The molecule has 160 valence electrons. The van der Waals surface area contributed by atoms with E-state index in [0.717, 1.165) is 21.6 Å². The number of anilines is 1. The fraction of sp³-hybridized carbons (Fsp3) is 0.0833. The van der Waals surface area contributed by atoms with Crippen LogP contribution in [0.1, 0.15) is 5.56 Å². The van der Waals surface area contributed by atoms with Gasteiger partial charge in [0.15, 0.2) is 11.4 Å². The molecular weight excluding hydrogens is 465 g/mol. The lowest BCUT2D eigenvalue weighted by Gasteiger charge is -2.19. The van der Waals surface area contributed by atoms with Crippen molar-refractivity contribution in [2.75, 3.05) is 11.9 Å². The number of carbonyl (C=O) groups excluding carboxylic acids is 1. The van der Waals surface area contributed by atoms with Crippen molar-refractivity contribution in [3.8, 4) is 17.0 Å². The molecule has 4 aromatic rings. The Labute approximate surface area is 198 Å². The van der Waals surface area contributed by atoms with Gasteiger partial charge in [-0.15, -0.1) is 11.3 Å². The first-order chi connectivity index (χ1) is 15.6. The van der Waals surface area contributed by atoms with Crippen LogP contribution in [0.15, 0.2) is 77.1 Å². The molecule has 0 saturated carbocycles. The molecule has 1 aromatic heterocycles. The van der Waals surface area contributed by atoms with Gasteiger partial charge in [-0.1, -0.05) is 47.5 Å². The number of carbonyl (C=O) groups is 1. The number of hydrogen-bond acceptors (Lipinski definition) is 4. The molecule has 1 aliphatic rings. The molecule has 0 atom stereocenters. The first kappa shape index (κ1) is 20.8. The van der Waals surface area contributed by atoms with Gasteiger partial charge in [-0.2, -0.15) is 0 Å². The molecule has 0 aliphatic carbocycles. The Bertz CT molecular complexity index is 1390. The van der Waals surface area contributed by atoms with Crippen LogP contribution < -0.4 is 14.9 Å². The molecule has 8 heteroatoms. The normalized spacial score (nSPS) is 13.4. The zero-order chi connectivity index (χ0) is 22.1. The van der Waals surface area contributed by atoms with E-state index in [0.29, 0.717) is 33.7 Å². The Kier molecular flexibility index (Phi) is 5.74. The van der Waals surface area contributed by atoms with Gasteiger partial charge < -0.3 is 14.6 Å². The molecule has 5 rings (SSSR count). The van der Waals surface area contributed by atoms with Gasteiger partial charge in [0.05, 0.1) is 28.6 Å². The van der Waals surface area contributed by atoms with Crippen molar-refractivity contribution in [3.05, 3.63) is 92.5 Å². The predicted octanol–water partition coefficient (Wildman–Crippen LogP) is 6.14. The summed E-state index contributed by atoms with van der Waals surface area (Å²) in [6.07, 6.45) is 0. The summed E-state index contributed by atoms with van der Waals surface area (Å²) >= 11 is 14.1. The van der Waals surface area contributed by atoms with Crippen LogP contribution in [0.3, 0.4) is 0 Å². The second kappa shape index (κ2) is 8.82. The monoisotopic (exact) mass is 481 g/mol. The summed E-state index contributed by atoms with van der Waals surface area (Å²) in [6.45, 7) is 0.600. The minimum Gasteiger partial charge on any atom is -0.482 e. The number of fused-ring (bicyclic) bond motifs is 1. The maximum atomic E-state index is 11.8. The summed E-state index contributed by atoms with van der Waals surface area (Å²) < 4.78 is 7.62. The molecule has 2 heterocycles. The number of ether oxygens (including phenoxy) is 1. The topological polar surface area (TPSA) is 55.6 Å². The number of nitrogens with one attached hydrogen (secondary N) is 1. The molecule has 32 heavy (non-hydrogen) atoms. The SMILES string of the molecule is O=C1COc2ccc(-c3csc(=Nc4ccccc4Cl)n3Cc3cccc(Cl)c3)cc2N1. The number of amides is 1. The largest absolute Gasteiger partial charge is 0.482 e. The second-order valence-corrected chi connectivity index (χ2v) is 8.91. The molecule has 1 aliphatic heterocycles. The Hall–Kier alpha value is -3.06. The number of rotatable bonds is 4. The fourth-order valence-corrected chi connectivity index (χ4v) is 4.82. The molecule has 0 radical (unpaired) electrons. The first-order valence-electron chi connectivity index (χ1n) is 9.86. The first-order valence-corrected chi connectivity index (χ1v) is 11.5. The van der Waals surface area contributed by atoms with E-state index < -0.39 is 0 Å². The Morgan fingerprint density at radius 3 is 2.78 bits per heavy atom. The third kappa shape index (κ3) is 4.30. The van der Waals surface area contributed by atoms with E-state index in [1.165, 1.54) is 11.3 Å². The van der Waals surface area contributed by atoms with E-state index in [-0.39, 0.29) is 12.5 Å². The molecule has 0 spiro atoms. The van der Waals surface area contributed by atoms with E-state index in [4.69, 9.17) is 32.9 Å². The number of para-hydroxylation sites is 1. The van der Waals surface area contributed by atoms with Gasteiger partial charge in [-0.3, -0.25) is 4.79 Å². The lowest BCUT2D eigenvalue weighted by Crippen LogP contribution is -2.25. The number of aromatic nitrogens is 1. The van der Waals surface area contributed by atoms with Crippen molar-refractivity contribution < 1.29 is 9.53 Å². The van der Waals surface area contributed by atoms with Gasteiger partial charge in [0.1, 0.15) is 5.75 Å². The van der Waals surface area contributed by atoms with Crippen LogP contribution in [0, 0.1) is 0 Å². The van der Waals surface area contributed by atoms with Gasteiger partial charge in [-0.05, 0) is 48.0 Å². The molecule has 3 aromatic carbocycles. The summed E-state index contributed by atoms with van der Waals surface area (Å²) in [5, 5.41) is 6.19. The molecule has 1 N–H and O–H groups in total. The van der Waals surface area contributed by atoms with Crippen LogP contribution in [-0.4, -0.2) is 17.1 Å². The van der Waals surface area contributed by atoms with E-state index in [1.807, 2.05) is 72.1 Å². The molecule has 1 amide bonds. The number of thiazole rings is 1. The highest BCUT2D eigenvalue weighted by Gasteiger charge is 2.18. The summed E-state index contributed by atoms with van der Waals surface area (Å²) in [6, 6.07) is 21.0. The number of benzene rings is 3. The van der Waals surface area contributed by atoms with Crippen molar-refractivity contribution in [3.63, 3.8) is 0 Å². The van der Waals surface area contributed by atoms with Crippen LogP contribution in [0.5, 0.6) is 5.75 Å². The smallest absolute Gasteiger partial charge is 0.262 e. The second-order valence-electron chi connectivity index (χ2n) is 7.23. The fourth-order valence-electron chi connectivity index (χ4n) is 3.51. The Balaban J connectivity index is 1.65. The van der Waals surface area contributed by atoms with Gasteiger partial charge in [-0.25, -0.2) is 4.99 Å². The zero-order valence-electron chi connectivity index (χ0n) is 16.7. The van der Waals surface area contributed by atoms with Crippen LogP contribution >= 0.6 is 34.5 Å². The lowest BCUT2D eigenvalue weighted by atomic mass is 10.1. The molecule has 5 nitrogen and oxygen atoms in total. The van der Waals surface area contributed by atoms with Crippen molar-refractivity contribution in [1.29, 1.82) is 0 Å². The minimum atomic E-state index is -0.166. The Morgan fingerprint density at radius 1 is 1.06 bits per heavy atom. The molecule has 0 bridgehead atoms. The van der Waals surface area contributed by atoms with Crippen molar-refractivity contribution in [2.24, 2.45) is 4.99 Å². The molecule has 0 saturated heterocycles. The van der Waals surface area contributed by atoms with Crippen LogP contribution in [0.4, 0.5) is 11.4 Å². The maximum Gasteiger partial charge on any atom is 0.262 e. The van der Waals surface area contributed by atoms with Gasteiger partial charge in [0.25, 0.3) is 5.91 Å². The number of halogens is 2. The maximum absolute atomic E-state index is 11.8. The highest BCUT2D eigenvalue weighted by Crippen LogP contribution is 2.33. The standard InChI is InChI=1S/C24H17Cl2N3O2S/c25-17-5-3-4-15(10-17)12-29-21(14-32-24(29)28-19-7-2-1-6-18(19)26)16-8-9-22-20(11-16)27-23(30)13-31-22/h1-11,14H,12-13H2,(H,27,30). The van der Waals surface area contributed by atoms with Crippen LogP contribution in [0.25, 0.3) is 11.3 Å². The lowest BCUT2D eigenvalue weighted by molar-refractivity contribution is -0.118. The Morgan fingerprint density at radius 2 is 1.94 bits per heavy atom. The van der Waals surface area contributed by atoms with Crippen LogP contribution in [-0.2, 0) is 11.3 Å².